The summed E-state index contributed by atoms with van der Waals surface area (Å²) < 4.78 is 0. The van der Waals surface area contributed by atoms with Crippen molar-refractivity contribution in [1.29, 1.82) is 0 Å². The molecule has 0 spiro atoms. The summed E-state index contributed by atoms with van der Waals surface area (Å²) in [5, 5.41) is 9.17. The molecule has 0 aromatic carbocycles. The Kier molecular flexibility index (Phi) is 4.92. The van der Waals surface area contributed by atoms with E-state index in [-0.39, 0.29) is 5.91 Å². The average molecular weight is 271 g/mol. The van der Waals surface area contributed by atoms with Gasteiger partial charge in [-0.2, -0.15) is 11.8 Å². The number of rotatable bonds is 3. The Morgan fingerprint density at radius 3 is 2.56 bits per heavy atom. The minimum Gasteiger partial charge on any atom is -0.480 e. The fourth-order valence-corrected chi connectivity index (χ4v) is 4.01. The molecule has 2 aliphatic rings. The molecule has 2 heterocycles. The van der Waals surface area contributed by atoms with Crippen LogP contribution in [0.4, 0.5) is 0 Å². The third-order valence-corrected chi connectivity index (χ3v) is 4.96. The van der Waals surface area contributed by atoms with E-state index in [0.717, 1.165) is 37.2 Å². The van der Waals surface area contributed by atoms with E-state index in [2.05, 4.69) is 0 Å². The first-order valence-electron chi connectivity index (χ1n) is 6.78. The number of carboxylic acids is 1. The monoisotopic (exact) mass is 271 g/mol. The summed E-state index contributed by atoms with van der Waals surface area (Å²) in [4.78, 5) is 25.0. The lowest BCUT2D eigenvalue weighted by molar-refractivity contribution is -0.152. The minimum absolute atomic E-state index is 0.0546. The summed E-state index contributed by atoms with van der Waals surface area (Å²) in [5.74, 6) is 1.96. The van der Waals surface area contributed by atoms with Gasteiger partial charge in [0.25, 0.3) is 0 Å². The first-order valence-corrected chi connectivity index (χ1v) is 7.94. The SMILES string of the molecule is O=C(O)[C@H]1CCCCN1C(=O)CC1CCSCC1. The number of likely N-dealkylation sites (tertiary alicyclic amines) is 1. The highest BCUT2D eigenvalue weighted by atomic mass is 32.2. The van der Waals surface area contributed by atoms with Gasteiger partial charge in [-0.05, 0) is 49.5 Å². The fraction of sp³-hybridized carbons (Fsp3) is 0.846. The van der Waals surface area contributed by atoms with E-state index in [4.69, 9.17) is 5.11 Å². The Bertz CT molecular complexity index is 315. The first kappa shape index (κ1) is 13.7. The molecule has 18 heavy (non-hydrogen) atoms. The molecule has 4 nitrogen and oxygen atoms in total. The topological polar surface area (TPSA) is 57.6 Å². The number of carbonyl (C=O) groups excluding carboxylic acids is 1. The first-order chi connectivity index (χ1) is 8.68. The van der Waals surface area contributed by atoms with Gasteiger partial charge in [0, 0.05) is 13.0 Å². The van der Waals surface area contributed by atoms with E-state index in [1.165, 1.54) is 0 Å². The Balaban J connectivity index is 1.91. The predicted molar refractivity (Wildman–Crippen MR) is 71.7 cm³/mol. The second-order valence-electron chi connectivity index (χ2n) is 5.20. The highest BCUT2D eigenvalue weighted by molar-refractivity contribution is 7.99. The van der Waals surface area contributed by atoms with Gasteiger partial charge in [0.05, 0.1) is 0 Å². The van der Waals surface area contributed by atoms with Gasteiger partial charge in [-0.3, -0.25) is 4.79 Å². The van der Waals surface area contributed by atoms with Crippen LogP contribution < -0.4 is 0 Å². The molecule has 0 aromatic rings. The van der Waals surface area contributed by atoms with Crippen molar-refractivity contribution in [1.82, 2.24) is 4.90 Å². The van der Waals surface area contributed by atoms with Crippen LogP contribution in [0.15, 0.2) is 0 Å². The van der Waals surface area contributed by atoms with Crippen LogP contribution in [0.1, 0.15) is 38.5 Å². The van der Waals surface area contributed by atoms with Gasteiger partial charge in [-0.25, -0.2) is 4.79 Å². The molecule has 1 N–H and O–H groups in total. The van der Waals surface area contributed by atoms with Crippen LogP contribution in [0.2, 0.25) is 0 Å². The Morgan fingerprint density at radius 2 is 1.89 bits per heavy atom. The molecule has 2 saturated heterocycles. The molecule has 0 aromatic heterocycles. The molecule has 0 radical (unpaired) electrons. The molecule has 5 heteroatoms. The van der Waals surface area contributed by atoms with Crippen molar-refractivity contribution in [3.8, 4) is 0 Å². The van der Waals surface area contributed by atoms with Crippen LogP contribution in [-0.4, -0.2) is 46.0 Å². The lowest BCUT2D eigenvalue weighted by Crippen LogP contribution is -2.48. The molecule has 1 amide bonds. The molecule has 2 rings (SSSR count). The van der Waals surface area contributed by atoms with E-state index in [0.29, 0.717) is 25.3 Å². The van der Waals surface area contributed by atoms with E-state index >= 15 is 0 Å². The fourth-order valence-electron chi connectivity index (χ4n) is 2.80. The van der Waals surface area contributed by atoms with Gasteiger partial charge in [0.15, 0.2) is 0 Å². The maximum absolute atomic E-state index is 12.2. The number of hydrogen-bond acceptors (Lipinski definition) is 3. The van der Waals surface area contributed by atoms with Crippen LogP contribution in [0.3, 0.4) is 0 Å². The number of nitrogens with zero attached hydrogens (tertiary/aromatic N) is 1. The summed E-state index contributed by atoms with van der Waals surface area (Å²) >= 11 is 1.95. The summed E-state index contributed by atoms with van der Waals surface area (Å²) in [6.45, 7) is 0.622. The van der Waals surface area contributed by atoms with Crippen LogP contribution in [0, 0.1) is 5.92 Å². The zero-order valence-electron chi connectivity index (χ0n) is 10.6. The zero-order chi connectivity index (χ0) is 13.0. The normalized spacial score (nSPS) is 26.0. The van der Waals surface area contributed by atoms with Gasteiger partial charge >= 0.3 is 5.97 Å². The molecular weight excluding hydrogens is 250 g/mol. The maximum atomic E-state index is 12.2. The van der Waals surface area contributed by atoms with Crippen LogP contribution in [-0.2, 0) is 9.59 Å². The number of thioether (sulfide) groups is 1. The number of carbonyl (C=O) groups is 2. The highest BCUT2D eigenvalue weighted by Gasteiger charge is 2.32. The number of piperidine rings is 1. The van der Waals surface area contributed by atoms with Crippen LogP contribution in [0.25, 0.3) is 0 Å². The molecule has 0 aliphatic carbocycles. The molecule has 102 valence electrons. The third-order valence-electron chi connectivity index (χ3n) is 3.91. The van der Waals surface area contributed by atoms with Gasteiger partial charge < -0.3 is 10.0 Å². The van der Waals surface area contributed by atoms with Crippen molar-refractivity contribution in [3.05, 3.63) is 0 Å². The molecule has 0 bridgehead atoms. The van der Waals surface area contributed by atoms with Gasteiger partial charge in [-0.1, -0.05) is 0 Å². The van der Waals surface area contributed by atoms with Gasteiger partial charge in [0.2, 0.25) is 5.91 Å². The third kappa shape index (κ3) is 3.40. The molecule has 0 saturated carbocycles. The average Bonchev–Trinajstić information content (AvgIpc) is 2.40. The van der Waals surface area contributed by atoms with Crippen molar-refractivity contribution >= 4 is 23.6 Å². The van der Waals surface area contributed by atoms with Crippen LogP contribution >= 0.6 is 11.8 Å². The smallest absolute Gasteiger partial charge is 0.326 e. The van der Waals surface area contributed by atoms with E-state index in [1.807, 2.05) is 11.8 Å². The number of amides is 1. The Labute approximate surface area is 112 Å². The molecule has 0 unspecified atom stereocenters. The highest BCUT2D eigenvalue weighted by Crippen LogP contribution is 2.27. The number of hydrogen-bond donors (Lipinski definition) is 1. The number of aliphatic carboxylic acids is 1. The summed E-state index contributed by atoms with van der Waals surface area (Å²) in [6, 6.07) is -0.579. The van der Waals surface area contributed by atoms with E-state index in [1.54, 1.807) is 4.90 Å². The van der Waals surface area contributed by atoms with Crippen molar-refractivity contribution < 1.29 is 14.7 Å². The van der Waals surface area contributed by atoms with Crippen molar-refractivity contribution in [2.75, 3.05) is 18.1 Å². The molecule has 2 fully saturated rings. The van der Waals surface area contributed by atoms with Gasteiger partial charge in [0.1, 0.15) is 6.04 Å². The predicted octanol–water partition coefficient (Wildman–Crippen LogP) is 1.99. The Morgan fingerprint density at radius 1 is 1.17 bits per heavy atom. The van der Waals surface area contributed by atoms with Crippen molar-refractivity contribution in [2.45, 2.75) is 44.6 Å². The zero-order valence-corrected chi connectivity index (χ0v) is 11.5. The van der Waals surface area contributed by atoms with Crippen LogP contribution in [0.5, 0.6) is 0 Å². The summed E-state index contributed by atoms with van der Waals surface area (Å²) in [5.41, 5.74) is 0. The standard InChI is InChI=1S/C13H21NO3S/c15-12(9-10-4-7-18-8-5-10)14-6-2-1-3-11(14)13(16)17/h10-11H,1-9H2,(H,16,17)/t11-/m1/s1. The van der Waals surface area contributed by atoms with E-state index in [9.17, 15) is 9.59 Å². The summed E-state index contributed by atoms with van der Waals surface area (Å²) in [7, 11) is 0. The molecular formula is C13H21NO3S. The lowest BCUT2D eigenvalue weighted by Gasteiger charge is -2.34. The summed E-state index contributed by atoms with van der Waals surface area (Å²) in [6.07, 6.45) is 5.22. The number of carboxylic acid groups (broad SMARTS) is 1. The molecule has 1 atom stereocenters. The second kappa shape index (κ2) is 6.45. The maximum Gasteiger partial charge on any atom is 0.326 e. The van der Waals surface area contributed by atoms with Crippen molar-refractivity contribution in [2.24, 2.45) is 5.92 Å². The minimum atomic E-state index is -0.845. The Hall–Kier alpha value is -0.710. The lowest BCUT2D eigenvalue weighted by atomic mass is 9.95. The molecule has 2 aliphatic heterocycles. The van der Waals surface area contributed by atoms with E-state index < -0.39 is 12.0 Å². The van der Waals surface area contributed by atoms with Crippen molar-refractivity contribution in [3.63, 3.8) is 0 Å². The van der Waals surface area contributed by atoms with Gasteiger partial charge in [-0.15, -0.1) is 0 Å². The second-order valence-corrected chi connectivity index (χ2v) is 6.42. The largest absolute Gasteiger partial charge is 0.480 e. The quantitative estimate of drug-likeness (QED) is 0.853.